The Morgan fingerprint density at radius 3 is 1.79 bits per heavy atom. The minimum absolute atomic E-state index is 0.0338. The van der Waals surface area contributed by atoms with Crippen LogP contribution in [0.15, 0.2) is 48.5 Å². The number of hydrogen-bond donors (Lipinski definition) is 3. The van der Waals surface area contributed by atoms with Crippen LogP contribution in [-0.2, 0) is 42.7 Å². The van der Waals surface area contributed by atoms with E-state index in [1.54, 1.807) is 30.3 Å². The molecule has 0 spiro atoms. The van der Waals surface area contributed by atoms with Crippen molar-refractivity contribution in [2.75, 3.05) is 6.61 Å². The fourth-order valence-corrected chi connectivity index (χ4v) is 5.53. The lowest BCUT2D eigenvalue weighted by Crippen LogP contribution is -2.53. The molecule has 15 heteroatoms. The number of alkyl halides is 6. The molecule has 0 aliphatic rings. The molecule has 0 aliphatic heterocycles. The van der Waals surface area contributed by atoms with E-state index in [9.17, 15) is 50.3 Å². The van der Waals surface area contributed by atoms with E-state index in [1.165, 1.54) is 12.8 Å². The molecule has 0 saturated heterocycles. The maximum atomic E-state index is 13.6. The Morgan fingerprint density at radius 2 is 1.25 bits per heavy atom. The number of carbonyl (C=O) groups excluding carboxylic acids is 5. The lowest BCUT2D eigenvalue weighted by molar-refractivity contribution is -0.144. The van der Waals surface area contributed by atoms with Crippen molar-refractivity contribution in [3.63, 3.8) is 0 Å². The number of primary amides is 1. The van der Waals surface area contributed by atoms with Gasteiger partial charge in [0.1, 0.15) is 6.04 Å². The zero-order chi connectivity index (χ0) is 38.7. The van der Waals surface area contributed by atoms with Gasteiger partial charge in [-0.25, -0.2) is 4.79 Å². The Morgan fingerprint density at radius 1 is 0.692 bits per heavy atom. The molecule has 2 aromatic carbocycles. The number of nitrogens with two attached hydrogens (primary N) is 1. The van der Waals surface area contributed by atoms with Crippen LogP contribution in [0.2, 0.25) is 0 Å². The number of esters is 1. The summed E-state index contributed by atoms with van der Waals surface area (Å²) in [7, 11) is 0. The number of benzene rings is 2. The summed E-state index contributed by atoms with van der Waals surface area (Å²) in [4.78, 5) is 63.8. The molecule has 0 aliphatic carbocycles. The number of carbonyl (C=O) groups is 5. The second kappa shape index (κ2) is 21.8. The van der Waals surface area contributed by atoms with Crippen LogP contribution in [0.5, 0.6) is 0 Å². The highest BCUT2D eigenvalue weighted by atomic mass is 19.4. The minimum Gasteiger partial charge on any atom is -0.454 e. The lowest BCUT2D eigenvalue weighted by Gasteiger charge is -2.23. The topological polar surface area (TPSA) is 145 Å². The van der Waals surface area contributed by atoms with Gasteiger partial charge in [-0.15, -0.1) is 0 Å². The van der Waals surface area contributed by atoms with Gasteiger partial charge in [-0.2, -0.15) is 26.3 Å². The lowest BCUT2D eigenvalue weighted by atomic mass is 9.99. The smallest absolute Gasteiger partial charge is 0.417 e. The van der Waals surface area contributed by atoms with E-state index < -0.39 is 77.2 Å². The number of Topliss-reactive ketones (excluding diaryl/α,β-unsaturated/α-hetero) is 1. The summed E-state index contributed by atoms with van der Waals surface area (Å²) >= 11 is 0. The third kappa shape index (κ3) is 15.9. The summed E-state index contributed by atoms with van der Waals surface area (Å²) in [5.41, 5.74) is 0.141. The van der Waals surface area contributed by atoms with Crippen molar-refractivity contribution in [2.45, 2.75) is 121 Å². The number of amides is 3. The maximum absolute atomic E-state index is 13.6. The van der Waals surface area contributed by atoms with E-state index in [-0.39, 0.29) is 44.2 Å². The molecule has 2 atom stereocenters. The monoisotopic (exact) mass is 743 g/mol. The SMILES string of the molecule is CCCCCCCCCCCC(=O)N[C@@H](CCCC(N)=O)C(=O)N[C@@H](Cc1ccccc1)C(=O)COC(=O)c1c(C(F)(F)F)cccc1C(F)(F)F. The van der Waals surface area contributed by atoms with Crippen LogP contribution < -0.4 is 16.4 Å². The minimum atomic E-state index is -5.36. The number of ether oxygens (including phenoxy) is 1. The highest BCUT2D eigenvalue weighted by Crippen LogP contribution is 2.39. The fourth-order valence-electron chi connectivity index (χ4n) is 5.53. The third-order valence-electron chi connectivity index (χ3n) is 8.29. The Bertz CT molecular complexity index is 1430. The third-order valence-corrected chi connectivity index (χ3v) is 8.29. The average Bonchev–Trinajstić information content (AvgIpc) is 3.08. The standard InChI is InChI=1S/C37H47F6N3O6/c1-2-3-4-5-6-7-8-9-13-22-32(49)45-28(20-15-21-31(44)48)34(50)46-29(23-25-16-11-10-12-17-25)30(47)24-52-35(51)33-26(36(38,39)40)18-14-19-27(33)37(41,42)43/h10-12,14,16-19,28-29H,2-9,13,15,20-24H2,1H3,(H2,44,48)(H,45,49)(H,46,50)/t28-,29-/m0/s1. The molecule has 3 amide bonds. The normalized spacial score (nSPS) is 12.8. The molecule has 0 aromatic heterocycles. The average molecular weight is 744 g/mol. The number of unbranched alkanes of at least 4 members (excludes halogenated alkanes) is 8. The Labute approximate surface area is 299 Å². The first-order chi connectivity index (χ1) is 24.5. The van der Waals surface area contributed by atoms with Crippen molar-refractivity contribution >= 4 is 29.5 Å². The maximum Gasteiger partial charge on any atom is 0.417 e. The molecule has 0 radical (unpaired) electrons. The van der Waals surface area contributed by atoms with Crippen molar-refractivity contribution in [2.24, 2.45) is 5.73 Å². The van der Waals surface area contributed by atoms with Gasteiger partial charge in [0.05, 0.1) is 22.7 Å². The van der Waals surface area contributed by atoms with Crippen LogP contribution in [0, 0.1) is 0 Å². The zero-order valence-electron chi connectivity index (χ0n) is 29.2. The Balaban J connectivity index is 2.18. The van der Waals surface area contributed by atoms with Crippen LogP contribution in [-0.4, -0.2) is 48.2 Å². The van der Waals surface area contributed by atoms with Gasteiger partial charge in [-0.3, -0.25) is 19.2 Å². The van der Waals surface area contributed by atoms with Crippen LogP contribution in [0.25, 0.3) is 0 Å². The predicted molar refractivity (Wildman–Crippen MR) is 181 cm³/mol. The fraction of sp³-hybridized carbons (Fsp3) is 0.541. The molecule has 2 aromatic rings. The summed E-state index contributed by atoms with van der Waals surface area (Å²) in [6, 6.07) is 6.51. The van der Waals surface area contributed by atoms with Gasteiger partial charge in [0.2, 0.25) is 17.7 Å². The summed E-state index contributed by atoms with van der Waals surface area (Å²) in [5.74, 6) is -5.00. The molecule has 0 saturated carbocycles. The molecular weight excluding hydrogens is 696 g/mol. The van der Waals surface area contributed by atoms with Crippen molar-refractivity contribution in [1.82, 2.24) is 10.6 Å². The summed E-state index contributed by atoms with van der Waals surface area (Å²) in [6.45, 7) is 0.866. The van der Waals surface area contributed by atoms with Gasteiger partial charge in [0.15, 0.2) is 12.4 Å². The van der Waals surface area contributed by atoms with E-state index >= 15 is 0 Å². The van der Waals surface area contributed by atoms with E-state index in [0.29, 0.717) is 18.1 Å². The first-order valence-corrected chi connectivity index (χ1v) is 17.4. The van der Waals surface area contributed by atoms with Crippen molar-refractivity contribution in [3.8, 4) is 0 Å². The van der Waals surface area contributed by atoms with Gasteiger partial charge in [0, 0.05) is 12.8 Å². The summed E-state index contributed by atoms with van der Waals surface area (Å²) in [6.07, 6.45) is -1.58. The zero-order valence-corrected chi connectivity index (χ0v) is 29.2. The number of halogens is 6. The van der Waals surface area contributed by atoms with Crippen LogP contribution in [0.1, 0.15) is 117 Å². The van der Waals surface area contributed by atoms with E-state index in [0.717, 1.165) is 38.5 Å². The molecular formula is C37H47F6N3O6. The molecule has 0 unspecified atom stereocenters. The molecule has 9 nitrogen and oxygen atoms in total. The Hall–Kier alpha value is -4.43. The van der Waals surface area contributed by atoms with Crippen molar-refractivity contribution in [3.05, 3.63) is 70.8 Å². The molecule has 52 heavy (non-hydrogen) atoms. The molecule has 288 valence electrons. The van der Waals surface area contributed by atoms with E-state index in [1.807, 2.05) is 0 Å². The second-order valence-corrected chi connectivity index (χ2v) is 12.6. The van der Waals surface area contributed by atoms with Crippen molar-refractivity contribution in [1.29, 1.82) is 0 Å². The van der Waals surface area contributed by atoms with Gasteiger partial charge in [-0.1, -0.05) is 94.7 Å². The molecule has 0 bridgehead atoms. The van der Waals surface area contributed by atoms with Gasteiger partial charge < -0.3 is 21.1 Å². The van der Waals surface area contributed by atoms with E-state index in [2.05, 4.69) is 17.6 Å². The predicted octanol–water partition coefficient (Wildman–Crippen LogP) is 7.24. The Kier molecular flexibility index (Phi) is 18.4. The number of ketones is 1. The van der Waals surface area contributed by atoms with Crippen LogP contribution in [0.4, 0.5) is 26.3 Å². The van der Waals surface area contributed by atoms with E-state index in [4.69, 9.17) is 10.5 Å². The number of rotatable bonds is 23. The number of nitrogens with one attached hydrogen (secondary N) is 2. The van der Waals surface area contributed by atoms with Gasteiger partial charge >= 0.3 is 18.3 Å². The molecule has 4 N–H and O–H groups in total. The summed E-state index contributed by atoms with van der Waals surface area (Å²) in [5, 5.41) is 5.10. The van der Waals surface area contributed by atoms with Gasteiger partial charge in [-0.05, 0) is 43.4 Å². The van der Waals surface area contributed by atoms with Crippen LogP contribution in [0.3, 0.4) is 0 Å². The highest BCUT2D eigenvalue weighted by Gasteiger charge is 2.43. The first kappa shape index (κ1) is 43.7. The van der Waals surface area contributed by atoms with Crippen molar-refractivity contribution < 1.29 is 55.1 Å². The molecule has 0 heterocycles. The molecule has 2 rings (SSSR count). The molecule has 0 fully saturated rings. The summed E-state index contributed by atoms with van der Waals surface area (Å²) < 4.78 is 86.4. The highest BCUT2D eigenvalue weighted by molar-refractivity contribution is 5.97. The largest absolute Gasteiger partial charge is 0.454 e. The first-order valence-electron chi connectivity index (χ1n) is 17.4. The second-order valence-electron chi connectivity index (χ2n) is 12.6. The number of hydrogen-bond acceptors (Lipinski definition) is 6. The quantitative estimate of drug-likeness (QED) is 0.0622. The van der Waals surface area contributed by atoms with Gasteiger partial charge in [0.25, 0.3) is 0 Å². The van der Waals surface area contributed by atoms with Crippen LogP contribution >= 0.6 is 0 Å².